The second-order valence-electron chi connectivity index (χ2n) is 4.90. The number of nitrogens with one attached hydrogen (secondary N) is 1. The van der Waals surface area contributed by atoms with Gasteiger partial charge in [-0.1, -0.05) is 17.7 Å². The Hall–Kier alpha value is -1.55. The van der Waals surface area contributed by atoms with E-state index in [0.29, 0.717) is 0 Å². The van der Waals surface area contributed by atoms with Crippen molar-refractivity contribution in [3.8, 4) is 0 Å². The number of anilines is 1. The summed E-state index contributed by atoms with van der Waals surface area (Å²) in [6, 6.07) is 8.52. The van der Waals surface area contributed by atoms with Gasteiger partial charge in [0, 0.05) is 23.2 Å². The highest BCUT2D eigenvalue weighted by Crippen LogP contribution is 2.26. The van der Waals surface area contributed by atoms with Crippen LogP contribution in [0.4, 0.5) is 5.82 Å². The molecule has 0 aliphatic rings. The lowest BCUT2D eigenvalue weighted by atomic mass is 10.2. The van der Waals surface area contributed by atoms with Crippen molar-refractivity contribution >= 4 is 17.6 Å². The van der Waals surface area contributed by atoms with E-state index in [0.717, 1.165) is 29.6 Å². The fourth-order valence-corrected chi connectivity index (χ4v) is 2.95. The molecule has 20 heavy (non-hydrogen) atoms. The number of hydrogen-bond donors (Lipinski definition) is 1. The molecule has 0 saturated heterocycles. The third-order valence-electron chi connectivity index (χ3n) is 2.96. The molecule has 1 aromatic carbocycles. The molecular weight excluding hydrogens is 266 g/mol. The number of nitrogens with zero attached hydrogens (tertiary/aromatic N) is 2. The topological polar surface area (TPSA) is 37.8 Å². The Kier molecular flexibility index (Phi) is 5.01. The highest BCUT2D eigenvalue weighted by atomic mass is 32.2. The first-order valence-corrected chi connectivity index (χ1v) is 7.85. The third kappa shape index (κ3) is 3.97. The van der Waals surface area contributed by atoms with Crippen LogP contribution in [0.1, 0.15) is 29.6 Å². The van der Waals surface area contributed by atoms with Crippen molar-refractivity contribution in [1.82, 2.24) is 9.97 Å². The van der Waals surface area contributed by atoms with Gasteiger partial charge in [-0.05, 0) is 39.3 Å². The maximum Gasteiger partial charge on any atom is 0.141 e. The van der Waals surface area contributed by atoms with Gasteiger partial charge in [-0.25, -0.2) is 9.97 Å². The smallest absolute Gasteiger partial charge is 0.141 e. The van der Waals surface area contributed by atoms with Crippen LogP contribution >= 0.6 is 11.8 Å². The second kappa shape index (κ2) is 6.75. The van der Waals surface area contributed by atoms with Crippen molar-refractivity contribution in [2.75, 3.05) is 11.9 Å². The van der Waals surface area contributed by atoms with Crippen LogP contribution in [-0.2, 0) is 5.75 Å². The summed E-state index contributed by atoms with van der Waals surface area (Å²) in [5.41, 5.74) is 3.60. The molecular formula is C16H21N3S. The molecule has 3 nitrogen and oxygen atoms in total. The Morgan fingerprint density at radius 2 is 1.90 bits per heavy atom. The molecule has 0 aliphatic carbocycles. The largest absolute Gasteiger partial charge is 0.370 e. The van der Waals surface area contributed by atoms with E-state index in [1.165, 1.54) is 16.0 Å². The Morgan fingerprint density at radius 1 is 1.10 bits per heavy atom. The van der Waals surface area contributed by atoms with Crippen LogP contribution in [0.15, 0.2) is 29.2 Å². The molecule has 1 aromatic heterocycles. The van der Waals surface area contributed by atoms with Crippen molar-refractivity contribution in [3.63, 3.8) is 0 Å². The minimum Gasteiger partial charge on any atom is -0.370 e. The highest BCUT2D eigenvalue weighted by molar-refractivity contribution is 7.98. The van der Waals surface area contributed by atoms with E-state index in [4.69, 9.17) is 0 Å². The molecule has 0 radical (unpaired) electrons. The number of benzene rings is 1. The van der Waals surface area contributed by atoms with E-state index in [2.05, 4.69) is 54.3 Å². The van der Waals surface area contributed by atoms with Gasteiger partial charge in [0.15, 0.2) is 0 Å². The molecule has 1 heterocycles. The molecule has 0 unspecified atom stereocenters. The minimum absolute atomic E-state index is 0.796. The van der Waals surface area contributed by atoms with E-state index in [1.807, 2.05) is 13.0 Å². The second-order valence-corrected chi connectivity index (χ2v) is 5.92. The lowest BCUT2D eigenvalue weighted by Crippen LogP contribution is -2.04. The van der Waals surface area contributed by atoms with Crippen molar-refractivity contribution in [1.29, 1.82) is 0 Å². The zero-order valence-corrected chi connectivity index (χ0v) is 13.3. The van der Waals surface area contributed by atoms with Gasteiger partial charge in [-0.3, -0.25) is 0 Å². The molecule has 0 bridgehead atoms. The molecule has 2 aromatic rings. The van der Waals surface area contributed by atoms with Crippen LogP contribution in [0.3, 0.4) is 0 Å². The molecule has 1 N–H and O–H groups in total. The Labute approximate surface area is 125 Å². The van der Waals surface area contributed by atoms with E-state index < -0.39 is 0 Å². The Morgan fingerprint density at radius 3 is 2.65 bits per heavy atom. The standard InChI is InChI=1S/C16H21N3S/c1-5-17-15-9-13(4)18-16(19-15)10-20-14-8-11(2)6-7-12(14)3/h6-9H,5,10H2,1-4H3,(H,17,18,19). The molecule has 2 rings (SSSR count). The van der Waals surface area contributed by atoms with Crippen LogP contribution in [0, 0.1) is 20.8 Å². The van der Waals surface area contributed by atoms with Crippen LogP contribution < -0.4 is 5.32 Å². The van der Waals surface area contributed by atoms with Gasteiger partial charge in [0.1, 0.15) is 11.6 Å². The zero-order chi connectivity index (χ0) is 14.5. The van der Waals surface area contributed by atoms with Crippen molar-refractivity contribution < 1.29 is 0 Å². The highest BCUT2D eigenvalue weighted by Gasteiger charge is 2.05. The molecule has 106 valence electrons. The van der Waals surface area contributed by atoms with Gasteiger partial charge in [-0.15, -0.1) is 11.8 Å². The van der Waals surface area contributed by atoms with E-state index in [-0.39, 0.29) is 0 Å². The predicted molar refractivity (Wildman–Crippen MR) is 86.4 cm³/mol. The van der Waals surface area contributed by atoms with Crippen LogP contribution in [-0.4, -0.2) is 16.5 Å². The van der Waals surface area contributed by atoms with E-state index in [1.54, 1.807) is 11.8 Å². The SMILES string of the molecule is CCNc1cc(C)nc(CSc2cc(C)ccc2C)n1. The first-order valence-electron chi connectivity index (χ1n) is 6.87. The Balaban J connectivity index is 2.12. The Bertz CT molecular complexity index is 596. The molecule has 4 heteroatoms. The van der Waals surface area contributed by atoms with Crippen LogP contribution in [0.25, 0.3) is 0 Å². The van der Waals surface area contributed by atoms with Gasteiger partial charge < -0.3 is 5.32 Å². The molecule has 0 fully saturated rings. The first-order chi connectivity index (χ1) is 9.58. The van der Waals surface area contributed by atoms with Gasteiger partial charge in [0.25, 0.3) is 0 Å². The van der Waals surface area contributed by atoms with Crippen molar-refractivity contribution in [2.24, 2.45) is 0 Å². The fraction of sp³-hybridized carbons (Fsp3) is 0.375. The quantitative estimate of drug-likeness (QED) is 0.839. The van der Waals surface area contributed by atoms with Crippen molar-refractivity contribution in [2.45, 2.75) is 38.3 Å². The predicted octanol–water partition coefficient (Wildman–Crippen LogP) is 4.13. The molecule has 0 amide bonds. The zero-order valence-electron chi connectivity index (χ0n) is 12.5. The van der Waals surface area contributed by atoms with Gasteiger partial charge in [0.2, 0.25) is 0 Å². The minimum atomic E-state index is 0.796. The first kappa shape index (κ1) is 14.9. The van der Waals surface area contributed by atoms with Crippen molar-refractivity contribution in [3.05, 3.63) is 46.9 Å². The van der Waals surface area contributed by atoms with E-state index >= 15 is 0 Å². The maximum atomic E-state index is 4.55. The number of aryl methyl sites for hydroxylation is 3. The summed E-state index contributed by atoms with van der Waals surface area (Å²) in [4.78, 5) is 10.4. The monoisotopic (exact) mass is 287 g/mol. The summed E-state index contributed by atoms with van der Waals surface area (Å²) in [5, 5.41) is 3.25. The summed E-state index contributed by atoms with van der Waals surface area (Å²) in [6.45, 7) is 9.22. The van der Waals surface area contributed by atoms with Gasteiger partial charge in [-0.2, -0.15) is 0 Å². The molecule has 0 atom stereocenters. The average Bonchev–Trinajstić information content (AvgIpc) is 2.40. The van der Waals surface area contributed by atoms with Gasteiger partial charge >= 0.3 is 0 Å². The van der Waals surface area contributed by atoms with Crippen LogP contribution in [0.2, 0.25) is 0 Å². The lowest BCUT2D eigenvalue weighted by Gasteiger charge is -2.08. The summed E-state index contributed by atoms with van der Waals surface area (Å²) in [7, 11) is 0. The summed E-state index contributed by atoms with van der Waals surface area (Å²) >= 11 is 1.80. The third-order valence-corrected chi connectivity index (χ3v) is 4.11. The number of thioether (sulfide) groups is 1. The number of rotatable bonds is 5. The fourth-order valence-electron chi connectivity index (χ4n) is 1.97. The molecule has 0 spiro atoms. The maximum absolute atomic E-state index is 4.55. The number of hydrogen-bond acceptors (Lipinski definition) is 4. The lowest BCUT2D eigenvalue weighted by molar-refractivity contribution is 0.985. The normalized spacial score (nSPS) is 10.6. The summed E-state index contributed by atoms with van der Waals surface area (Å²) in [6.07, 6.45) is 0. The van der Waals surface area contributed by atoms with Gasteiger partial charge in [0.05, 0.1) is 5.75 Å². The van der Waals surface area contributed by atoms with E-state index in [9.17, 15) is 0 Å². The average molecular weight is 287 g/mol. The molecule has 0 saturated carbocycles. The summed E-state index contributed by atoms with van der Waals surface area (Å²) < 4.78 is 0. The molecule has 0 aliphatic heterocycles. The van der Waals surface area contributed by atoms with Crippen LogP contribution in [0.5, 0.6) is 0 Å². The summed E-state index contributed by atoms with van der Waals surface area (Å²) in [5.74, 6) is 2.59. The number of aromatic nitrogens is 2.